The Labute approximate surface area is 123 Å². The quantitative estimate of drug-likeness (QED) is 0.717. The van der Waals surface area contributed by atoms with Crippen LogP contribution in [0.1, 0.15) is 44.7 Å². The van der Waals surface area contributed by atoms with Crippen molar-refractivity contribution >= 4 is 11.8 Å². The molecule has 0 amide bonds. The predicted molar refractivity (Wildman–Crippen MR) is 89.2 cm³/mol. The zero-order valence-electron chi connectivity index (χ0n) is 12.9. The van der Waals surface area contributed by atoms with Crippen molar-refractivity contribution in [2.24, 2.45) is 0 Å². The number of nitrogens with one attached hydrogen (secondary N) is 1. The molecule has 0 aromatic heterocycles. The van der Waals surface area contributed by atoms with Crippen molar-refractivity contribution in [3.8, 4) is 0 Å². The van der Waals surface area contributed by atoms with E-state index in [1.165, 1.54) is 29.7 Å². The second-order valence-electron chi connectivity index (χ2n) is 5.39. The fraction of sp³-hybridized carbons (Fsp3) is 0.647. The largest absolute Gasteiger partial charge is 0.313 e. The number of hydrogen-bond acceptors (Lipinski definition) is 2. The minimum absolute atomic E-state index is 0.599. The van der Waals surface area contributed by atoms with Gasteiger partial charge >= 0.3 is 0 Å². The van der Waals surface area contributed by atoms with Crippen molar-refractivity contribution in [3.63, 3.8) is 0 Å². The summed E-state index contributed by atoms with van der Waals surface area (Å²) in [4.78, 5) is 0. The number of benzene rings is 1. The van der Waals surface area contributed by atoms with E-state index < -0.39 is 0 Å². The van der Waals surface area contributed by atoms with E-state index >= 15 is 0 Å². The Morgan fingerprint density at radius 3 is 2.42 bits per heavy atom. The average molecular weight is 279 g/mol. The van der Waals surface area contributed by atoms with Gasteiger partial charge in [0.25, 0.3) is 0 Å². The third kappa shape index (κ3) is 7.03. The molecular formula is C17H29NS. The van der Waals surface area contributed by atoms with E-state index in [4.69, 9.17) is 0 Å². The maximum atomic E-state index is 3.69. The molecule has 1 aromatic rings. The summed E-state index contributed by atoms with van der Waals surface area (Å²) in [5, 5.41) is 4.46. The van der Waals surface area contributed by atoms with Crippen LogP contribution in [0.25, 0.3) is 0 Å². The highest BCUT2D eigenvalue weighted by atomic mass is 32.2. The summed E-state index contributed by atoms with van der Waals surface area (Å²) < 4.78 is 0. The molecule has 2 heteroatoms. The summed E-state index contributed by atoms with van der Waals surface area (Å²) in [6.45, 7) is 10.1. The summed E-state index contributed by atoms with van der Waals surface area (Å²) in [5.74, 6) is 1.21. The minimum atomic E-state index is 0.599. The predicted octanol–water partition coefficient (Wildman–Crippen LogP) is 4.44. The summed E-state index contributed by atoms with van der Waals surface area (Å²) in [6, 6.07) is 9.57. The van der Waals surface area contributed by atoms with E-state index in [1.54, 1.807) is 0 Å². The molecule has 1 N–H and O–H groups in total. The van der Waals surface area contributed by atoms with Gasteiger partial charge in [0.15, 0.2) is 0 Å². The molecule has 0 saturated carbocycles. The summed E-state index contributed by atoms with van der Waals surface area (Å²) in [5.41, 5.74) is 2.79. The van der Waals surface area contributed by atoms with Crippen molar-refractivity contribution in [3.05, 3.63) is 35.4 Å². The van der Waals surface area contributed by atoms with Gasteiger partial charge in [-0.05, 0) is 38.3 Å². The van der Waals surface area contributed by atoms with E-state index in [0.29, 0.717) is 6.04 Å². The molecule has 2 unspecified atom stereocenters. The SMILES string of the molecule is CCCNC(CSC(C)CC)Cc1ccc(C)cc1. The maximum Gasteiger partial charge on any atom is 0.0198 e. The molecule has 2 atom stereocenters. The standard InChI is InChI=1S/C17H29NS/c1-5-11-18-17(13-19-15(4)6-2)12-16-9-7-14(3)8-10-16/h7-10,15,17-18H,5-6,11-13H2,1-4H3. The molecule has 0 aliphatic rings. The summed E-state index contributed by atoms with van der Waals surface area (Å²) in [7, 11) is 0. The van der Waals surface area contributed by atoms with Crippen molar-refractivity contribution in [1.29, 1.82) is 0 Å². The third-order valence-electron chi connectivity index (χ3n) is 3.44. The smallest absolute Gasteiger partial charge is 0.0198 e. The second kappa shape index (κ2) is 9.44. The van der Waals surface area contributed by atoms with E-state index in [1.807, 2.05) is 0 Å². The van der Waals surface area contributed by atoms with Gasteiger partial charge in [-0.2, -0.15) is 11.8 Å². The van der Waals surface area contributed by atoms with Crippen molar-refractivity contribution < 1.29 is 0 Å². The van der Waals surface area contributed by atoms with Crippen molar-refractivity contribution in [2.45, 2.75) is 58.2 Å². The number of hydrogen-bond donors (Lipinski definition) is 1. The number of aryl methyl sites for hydroxylation is 1. The van der Waals surface area contributed by atoms with Crippen LogP contribution in [0.3, 0.4) is 0 Å². The summed E-state index contributed by atoms with van der Waals surface area (Å²) in [6.07, 6.45) is 3.61. The van der Waals surface area contributed by atoms with Crippen LogP contribution in [0.2, 0.25) is 0 Å². The van der Waals surface area contributed by atoms with Gasteiger partial charge in [-0.1, -0.05) is 50.6 Å². The fourth-order valence-electron chi connectivity index (χ4n) is 1.95. The molecule has 0 radical (unpaired) electrons. The topological polar surface area (TPSA) is 12.0 Å². The monoisotopic (exact) mass is 279 g/mol. The number of thioether (sulfide) groups is 1. The Morgan fingerprint density at radius 2 is 1.84 bits per heavy atom. The summed E-state index contributed by atoms with van der Waals surface area (Å²) >= 11 is 2.09. The van der Waals surface area contributed by atoms with Crippen LogP contribution in [0, 0.1) is 6.92 Å². The molecule has 0 heterocycles. The molecule has 0 fully saturated rings. The first-order valence-electron chi connectivity index (χ1n) is 7.56. The normalized spacial score (nSPS) is 14.3. The van der Waals surface area contributed by atoms with E-state index in [0.717, 1.165) is 18.2 Å². The van der Waals surface area contributed by atoms with Gasteiger partial charge in [-0.15, -0.1) is 0 Å². The molecule has 1 nitrogen and oxygen atoms in total. The Hall–Kier alpha value is -0.470. The zero-order valence-corrected chi connectivity index (χ0v) is 13.7. The molecule has 108 valence electrons. The van der Waals surface area contributed by atoms with Crippen LogP contribution < -0.4 is 5.32 Å². The fourth-order valence-corrected chi connectivity index (χ4v) is 2.98. The van der Waals surface area contributed by atoms with Gasteiger partial charge in [0, 0.05) is 17.0 Å². The third-order valence-corrected chi connectivity index (χ3v) is 4.94. The molecule has 0 saturated heterocycles. The van der Waals surface area contributed by atoms with Gasteiger partial charge in [-0.25, -0.2) is 0 Å². The first kappa shape index (κ1) is 16.6. The molecule has 0 bridgehead atoms. The molecule has 1 rings (SSSR count). The Balaban J connectivity index is 2.50. The molecule has 19 heavy (non-hydrogen) atoms. The van der Waals surface area contributed by atoms with Gasteiger partial charge in [-0.3, -0.25) is 0 Å². The molecular weight excluding hydrogens is 250 g/mol. The highest BCUT2D eigenvalue weighted by Crippen LogP contribution is 2.17. The Morgan fingerprint density at radius 1 is 1.16 bits per heavy atom. The van der Waals surface area contributed by atoms with E-state index in [9.17, 15) is 0 Å². The van der Waals surface area contributed by atoms with Crippen LogP contribution in [-0.2, 0) is 6.42 Å². The molecule has 0 aliphatic carbocycles. The average Bonchev–Trinajstić information content (AvgIpc) is 2.43. The van der Waals surface area contributed by atoms with Crippen molar-refractivity contribution in [2.75, 3.05) is 12.3 Å². The number of rotatable bonds is 9. The maximum absolute atomic E-state index is 3.69. The van der Waals surface area contributed by atoms with Crippen LogP contribution in [0.4, 0.5) is 0 Å². The van der Waals surface area contributed by atoms with E-state index in [-0.39, 0.29) is 0 Å². The van der Waals surface area contributed by atoms with Gasteiger partial charge in [0.05, 0.1) is 0 Å². The highest BCUT2D eigenvalue weighted by molar-refractivity contribution is 7.99. The zero-order chi connectivity index (χ0) is 14.1. The lowest BCUT2D eigenvalue weighted by Crippen LogP contribution is -2.34. The minimum Gasteiger partial charge on any atom is -0.313 e. The van der Waals surface area contributed by atoms with Gasteiger partial charge in [0.2, 0.25) is 0 Å². The van der Waals surface area contributed by atoms with E-state index in [2.05, 4.69) is 69.0 Å². The second-order valence-corrected chi connectivity index (χ2v) is 6.86. The Kier molecular flexibility index (Phi) is 8.24. The molecule has 0 aliphatic heterocycles. The van der Waals surface area contributed by atoms with Crippen LogP contribution in [0.5, 0.6) is 0 Å². The lowest BCUT2D eigenvalue weighted by atomic mass is 10.1. The lowest BCUT2D eigenvalue weighted by Gasteiger charge is -2.20. The van der Waals surface area contributed by atoms with Gasteiger partial charge in [0.1, 0.15) is 0 Å². The first-order valence-corrected chi connectivity index (χ1v) is 8.61. The molecule has 0 spiro atoms. The lowest BCUT2D eigenvalue weighted by molar-refractivity contribution is 0.549. The Bertz CT molecular complexity index is 334. The van der Waals surface area contributed by atoms with Crippen LogP contribution in [0.15, 0.2) is 24.3 Å². The first-order chi connectivity index (χ1) is 9.15. The van der Waals surface area contributed by atoms with Crippen molar-refractivity contribution in [1.82, 2.24) is 5.32 Å². The van der Waals surface area contributed by atoms with Gasteiger partial charge < -0.3 is 5.32 Å². The molecule has 1 aromatic carbocycles. The highest BCUT2D eigenvalue weighted by Gasteiger charge is 2.11. The van der Waals surface area contributed by atoms with Crippen LogP contribution >= 0.6 is 11.8 Å². The van der Waals surface area contributed by atoms with Crippen LogP contribution in [-0.4, -0.2) is 23.6 Å².